The van der Waals surface area contributed by atoms with Crippen molar-refractivity contribution in [3.8, 4) is 0 Å². The van der Waals surface area contributed by atoms with Gasteiger partial charge in [0, 0.05) is 30.8 Å². The van der Waals surface area contributed by atoms with Crippen molar-refractivity contribution in [1.82, 2.24) is 4.90 Å². The number of para-hydroxylation sites is 1. The lowest BCUT2D eigenvalue weighted by molar-refractivity contribution is -0.145. The van der Waals surface area contributed by atoms with Gasteiger partial charge in [-0.25, -0.2) is 0 Å². The average molecular weight is 461 g/mol. The zero-order valence-electron chi connectivity index (χ0n) is 19.4. The highest BCUT2D eigenvalue weighted by Gasteiger charge is 2.67. The van der Waals surface area contributed by atoms with Gasteiger partial charge in [0.1, 0.15) is 5.76 Å². The van der Waals surface area contributed by atoms with Gasteiger partial charge in [-0.15, -0.1) is 0 Å². The Bertz CT molecular complexity index is 1200. The highest BCUT2D eigenvalue weighted by Crippen LogP contribution is 2.53. The standard InChI is InChI=1S/C27H28N2O5/c1-3-14-28-21-9-5-4-8-20(21)27(26(28)33)22(23(30)18-12-10-17(2)11-13-18)24(31)25(32)29(27)16-19-7-6-15-34-19/h4-5,8-13,19,30H,3,6-7,14-16H2,1-2H3/t19-,27+/m0/s1. The van der Waals surface area contributed by atoms with E-state index in [9.17, 15) is 19.5 Å². The summed E-state index contributed by atoms with van der Waals surface area (Å²) in [6, 6.07) is 14.3. The fourth-order valence-corrected chi connectivity index (χ4v) is 5.41. The fraction of sp³-hybridized carbons (Fsp3) is 0.370. The van der Waals surface area contributed by atoms with E-state index in [1.165, 1.54) is 4.90 Å². The molecule has 7 heteroatoms. The van der Waals surface area contributed by atoms with Crippen LogP contribution in [0.2, 0.25) is 0 Å². The smallest absolute Gasteiger partial charge is 0.296 e. The van der Waals surface area contributed by atoms with Crippen LogP contribution in [0.25, 0.3) is 5.76 Å². The summed E-state index contributed by atoms with van der Waals surface area (Å²) in [7, 11) is 0. The maximum Gasteiger partial charge on any atom is 0.296 e. The predicted octanol–water partition coefficient (Wildman–Crippen LogP) is 3.51. The van der Waals surface area contributed by atoms with E-state index in [1.807, 2.05) is 38.1 Å². The first-order valence-electron chi connectivity index (χ1n) is 11.8. The van der Waals surface area contributed by atoms with Gasteiger partial charge in [-0.1, -0.05) is 55.0 Å². The summed E-state index contributed by atoms with van der Waals surface area (Å²) in [5.74, 6) is -2.36. The molecule has 7 nitrogen and oxygen atoms in total. The molecule has 0 radical (unpaired) electrons. The predicted molar refractivity (Wildman–Crippen MR) is 127 cm³/mol. The summed E-state index contributed by atoms with van der Waals surface area (Å²) in [5.41, 5.74) is 0.680. The monoisotopic (exact) mass is 460 g/mol. The van der Waals surface area contributed by atoms with Crippen LogP contribution in [-0.2, 0) is 24.7 Å². The highest BCUT2D eigenvalue weighted by atomic mass is 16.5. The Morgan fingerprint density at radius 2 is 1.85 bits per heavy atom. The first-order valence-corrected chi connectivity index (χ1v) is 11.8. The maximum atomic E-state index is 14.2. The number of aryl methyl sites for hydroxylation is 1. The third-order valence-electron chi connectivity index (χ3n) is 6.99. The lowest BCUT2D eigenvalue weighted by Gasteiger charge is -2.35. The number of Topliss-reactive ketones (excluding diaryl/α,β-unsaturated/α-hetero) is 1. The van der Waals surface area contributed by atoms with Crippen molar-refractivity contribution in [2.45, 2.75) is 44.8 Å². The molecule has 2 fully saturated rings. The van der Waals surface area contributed by atoms with Crippen LogP contribution < -0.4 is 4.90 Å². The topological polar surface area (TPSA) is 87.2 Å². The van der Waals surface area contributed by atoms with E-state index in [-0.39, 0.29) is 29.9 Å². The SMILES string of the molecule is CCCN1C(=O)[C@]2(C(=C(O)c3ccc(C)cc3)C(=O)C(=O)N2C[C@@H]2CCCO2)c2ccccc21. The lowest BCUT2D eigenvalue weighted by Crippen LogP contribution is -2.53. The van der Waals surface area contributed by atoms with Crippen LogP contribution in [0.4, 0.5) is 5.69 Å². The summed E-state index contributed by atoms with van der Waals surface area (Å²) in [5, 5.41) is 11.4. The summed E-state index contributed by atoms with van der Waals surface area (Å²) < 4.78 is 5.78. The maximum absolute atomic E-state index is 14.2. The van der Waals surface area contributed by atoms with E-state index < -0.39 is 17.2 Å². The number of likely N-dealkylation sites (tertiary alicyclic amines) is 1. The molecule has 0 saturated carbocycles. The molecule has 2 aromatic carbocycles. The van der Waals surface area contributed by atoms with Crippen LogP contribution >= 0.6 is 0 Å². The number of benzene rings is 2. The number of amides is 2. The zero-order valence-corrected chi connectivity index (χ0v) is 19.4. The molecule has 0 bridgehead atoms. The summed E-state index contributed by atoms with van der Waals surface area (Å²) in [6.07, 6.45) is 2.03. The molecule has 2 saturated heterocycles. The number of rotatable bonds is 5. The van der Waals surface area contributed by atoms with E-state index >= 15 is 0 Å². The van der Waals surface area contributed by atoms with Crippen molar-refractivity contribution in [2.75, 3.05) is 24.6 Å². The Kier molecular flexibility index (Phi) is 5.52. The Labute approximate surface area is 198 Å². The zero-order chi connectivity index (χ0) is 24.0. The number of fused-ring (bicyclic) bond motifs is 2. The number of nitrogens with zero attached hydrogens (tertiary/aromatic N) is 2. The van der Waals surface area contributed by atoms with Crippen molar-refractivity contribution >= 4 is 29.0 Å². The number of hydrogen-bond acceptors (Lipinski definition) is 5. The quantitative estimate of drug-likeness (QED) is 0.419. The molecule has 2 aromatic rings. The Morgan fingerprint density at radius 1 is 1.12 bits per heavy atom. The molecule has 0 aliphatic carbocycles. The largest absolute Gasteiger partial charge is 0.507 e. The third-order valence-corrected chi connectivity index (χ3v) is 6.99. The molecule has 34 heavy (non-hydrogen) atoms. The van der Waals surface area contributed by atoms with Crippen LogP contribution in [-0.4, -0.2) is 53.4 Å². The minimum absolute atomic E-state index is 0.106. The van der Waals surface area contributed by atoms with Gasteiger partial charge in [0.2, 0.25) is 0 Å². The molecule has 0 aromatic heterocycles. The molecular formula is C27H28N2O5. The number of carbonyl (C=O) groups excluding carboxylic acids is 3. The molecular weight excluding hydrogens is 432 g/mol. The second kappa shape index (κ2) is 8.40. The van der Waals surface area contributed by atoms with Gasteiger partial charge in [-0.3, -0.25) is 14.4 Å². The number of ketones is 1. The summed E-state index contributed by atoms with van der Waals surface area (Å²) >= 11 is 0. The molecule has 176 valence electrons. The molecule has 3 heterocycles. The number of anilines is 1. The lowest BCUT2D eigenvalue weighted by atomic mass is 9.81. The van der Waals surface area contributed by atoms with Gasteiger partial charge in [0.25, 0.3) is 17.6 Å². The highest BCUT2D eigenvalue weighted by molar-refractivity contribution is 6.50. The minimum Gasteiger partial charge on any atom is -0.507 e. The van der Waals surface area contributed by atoms with Crippen LogP contribution in [0.3, 0.4) is 0 Å². The second-order valence-electron chi connectivity index (χ2n) is 9.15. The number of hydrogen-bond donors (Lipinski definition) is 1. The van der Waals surface area contributed by atoms with E-state index in [0.29, 0.717) is 36.4 Å². The Morgan fingerprint density at radius 3 is 2.53 bits per heavy atom. The van der Waals surface area contributed by atoms with Crippen molar-refractivity contribution in [1.29, 1.82) is 0 Å². The average Bonchev–Trinajstić information content (AvgIpc) is 3.49. The Hall–Kier alpha value is -3.45. The van der Waals surface area contributed by atoms with Crippen LogP contribution in [0.1, 0.15) is 42.9 Å². The van der Waals surface area contributed by atoms with E-state index in [1.54, 1.807) is 29.2 Å². The van der Waals surface area contributed by atoms with Gasteiger partial charge in [0.15, 0.2) is 5.54 Å². The molecule has 2 atom stereocenters. The molecule has 3 aliphatic heterocycles. The van der Waals surface area contributed by atoms with Crippen LogP contribution in [0, 0.1) is 6.92 Å². The molecule has 5 rings (SSSR count). The number of ether oxygens (including phenoxy) is 1. The summed E-state index contributed by atoms with van der Waals surface area (Å²) in [4.78, 5) is 44.2. The first-order chi connectivity index (χ1) is 16.4. The van der Waals surface area contributed by atoms with Gasteiger partial charge < -0.3 is 19.6 Å². The second-order valence-corrected chi connectivity index (χ2v) is 9.15. The van der Waals surface area contributed by atoms with Gasteiger partial charge in [-0.05, 0) is 32.3 Å². The third kappa shape index (κ3) is 3.10. The summed E-state index contributed by atoms with van der Waals surface area (Å²) in [6.45, 7) is 5.01. The molecule has 2 amide bonds. The van der Waals surface area contributed by atoms with Gasteiger partial charge in [0.05, 0.1) is 17.4 Å². The van der Waals surface area contributed by atoms with Gasteiger partial charge >= 0.3 is 0 Å². The molecule has 0 unspecified atom stereocenters. The minimum atomic E-state index is -1.72. The number of aliphatic hydroxyl groups is 1. The normalized spacial score (nSPS) is 25.6. The molecule has 1 spiro atoms. The van der Waals surface area contributed by atoms with E-state index in [2.05, 4.69) is 0 Å². The van der Waals surface area contributed by atoms with E-state index in [0.717, 1.165) is 18.4 Å². The molecule has 1 N–H and O–H groups in total. The van der Waals surface area contributed by atoms with Gasteiger partial charge in [-0.2, -0.15) is 0 Å². The van der Waals surface area contributed by atoms with E-state index in [4.69, 9.17) is 4.74 Å². The fourth-order valence-electron chi connectivity index (χ4n) is 5.41. The first kappa shape index (κ1) is 22.3. The number of aliphatic hydroxyl groups excluding tert-OH is 1. The Balaban J connectivity index is 1.79. The van der Waals surface area contributed by atoms with Crippen molar-refractivity contribution < 1.29 is 24.2 Å². The van der Waals surface area contributed by atoms with Crippen molar-refractivity contribution in [3.05, 3.63) is 70.8 Å². The number of carbonyl (C=O) groups is 3. The van der Waals surface area contributed by atoms with Crippen LogP contribution in [0.15, 0.2) is 54.1 Å². The van der Waals surface area contributed by atoms with Crippen molar-refractivity contribution in [3.63, 3.8) is 0 Å². The van der Waals surface area contributed by atoms with Crippen molar-refractivity contribution in [2.24, 2.45) is 0 Å². The van der Waals surface area contributed by atoms with Crippen LogP contribution in [0.5, 0.6) is 0 Å². The molecule has 3 aliphatic rings.